The van der Waals surface area contributed by atoms with Crippen molar-refractivity contribution in [3.63, 3.8) is 0 Å². The Morgan fingerprint density at radius 2 is 2.12 bits per heavy atom. The van der Waals surface area contributed by atoms with Gasteiger partial charge in [0.2, 0.25) is 0 Å². The van der Waals surface area contributed by atoms with Gasteiger partial charge in [0, 0.05) is 19.5 Å². The molecule has 7 nitrogen and oxygen atoms in total. The Bertz CT molecular complexity index is 667. The highest BCUT2D eigenvalue weighted by Gasteiger charge is 2.15. The first kappa shape index (κ1) is 18.9. The van der Waals surface area contributed by atoms with Crippen LogP contribution in [0.2, 0.25) is 0 Å². The normalized spacial score (nSPS) is 11.2. The average Bonchev–Trinajstić information content (AvgIpc) is 3.17. The van der Waals surface area contributed by atoms with Gasteiger partial charge in [-0.15, -0.1) is 15.3 Å². The van der Waals surface area contributed by atoms with Gasteiger partial charge in [-0.3, -0.25) is 4.79 Å². The number of rotatable bonds is 9. The smallest absolute Gasteiger partial charge is 0.264 e. The second-order valence-electron chi connectivity index (χ2n) is 5.87. The highest BCUT2D eigenvalue weighted by atomic mass is 32.2. The van der Waals surface area contributed by atoms with E-state index < -0.39 is 0 Å². The predicted molar refractivity (Wildman–Crippen MR) is 96.6 cm³/mol. The maximum atomic E-state index is 12.1. The number of carbonyl (C=O) groups is 1. The van der Waals surface area contributed by atoms with Crippen LogP contribution in [-0.2, 0) is 19.4 Å². The number of hydrogen-bond acceptors (Lipinski definition) is 7. The van der Waals surface area contributed by atoms with Crippen molar-refractivity contribution in [3.05, 3.63) is 16.4 Å². The zero-order valence-corrected chi connectivity index (χ0v) is 16.2. The molecule has 2 aromatic rings. The molecule has 0 unspecified atom stereocenters. The van der Waals surface area contributed by atoms with Crippen molar-refractivity contribution in [3.8, 4) is 0 Å². The van der Waals surface area contributed by atoms with Crippen LogP contribution in [0.15, 0.2) is 5.16 Å². The summed E-state index contributed by atoms with van der Waals surface area (Å²) in [6, 6.07) is 0. The maximum Gasteiger partial charge on any atom is 0.264 e. The Labute approximate surface area is 150 Å². The van der Waals surface area contributed by atoms with Crippen LogP contribution < -0.4 is 5.32 Å². The monoisotopic (exact) mass is 368 g/mol. The summed E-state index contributed by atoms with van der Waals surface area (Å²) in [5.74, 6) is 1.43. The molecule has 0 aliphatic carbocycles. The van der Waals surface area contributed by atoms with E-state index in [1.165, 1.54) is 0 Å². The molecule has 2 aromatic heterocycles. The quantitative estimate of drug-likeness (QED) is 0.540. The molecule has 0 aromatic carbocycles. The SMILES string of the molecule is CCc1nnsc1C(=O)NCCCc1nnc(SC)n1CC(C)C. The summed E-state index contributed by atoms with van der Waals surface area (Å²) >= 11 is 2.76. The first-order valence-electron chi connectivity index (χ1n) is 8.12. The molecule has 2 rings (SSSR count). The molecule has 0 saturated carbocycles. The van der Waals surface area contributed by atoms with Crippen LogP contribution in [0.3, 0.4) is 0 Å². The van der Waals surface area contributed by atoms with Crippen LogP contribution >= 0.6 is 23.3 Å². The third kappa shape index (κ3) is 4.76. The van der Waals surface area contributed by atoms with Crippen LogP contribution in [0.25, 0.3) is 0 Å². The van der Waals surface area contributed by atoms with Crippen LogP contribution in [0, 0.1) is 5.92 Å². The van der Waals surface area contributed by atoms with E-state index >= 15 is 0 Å². The van der Waals surface area contributed by atoms with E-state index in [0.29, 0.717) is 17.3 Å². The highest BCUT2D eigenvalue weighted by Crippen LogP contribution is 2.17. The molecule has 0 spiro atoms. The number of aryl methyl sites for hydroxylation is 2. The second-order valence-corrected chi connectivity index (χ2v) is 7.40. The lowest BCUT2D eigenvalue weighted by Gasteiger charge is -2.11. The number of amides is 1. The zero-order chi connectivity index (χ0) is 17.5. The lowest BCUT2D eigenvalue weighted by Crippen LogP contribution is -2.25. The van der Waals surface area contributed by atoms with Crippen molar-refractivity contribution in [1.82, 2.24) is 29.7 Å². The van der Waals surface area contributed by atoms with Gasteiger partial charge in [-0.1, -0.05) is 37.0 Å². The molecular formula is C15H24N6OS2. The Hall–Kier alpha value is -1.48. The van der Waals surface area contributed by atoms with E-state index in [0.717, 1.165) is 54.0 Å². The molecule has 0 atom stereocenters. The van der Waals surface area contributed by atoms with E-state index in [4.69, 9.17) is 0 Å². The number of aromatic nitrogens is 5. The van der Waals surface area contributed by atoms with E-state index in [-0.39, 0.29) is 5.91 Å². The lowest BCUT2D eigenvalue weighted by molar-refractivity contribution is 0.0956. The number of nitrogens with one attached hydrogen (secondary N) is 1. The van der Waals surface area contributed by atoms with Crippen molar-refractivity contribution < 1.29 is 4.79 Å². The topological polar surface area (TPSA) is 85.6 Å². The highest BCUT2D eigenvalue weighted by molar-refractivity contribution is 7.98. The fourth-order valence-electron chi connectivity index (χ4n) is 2.34. The fraction of sp³-hybridized carbons (Fsp3) is 0.667. The fourth-order valence-corrected chi connectivity index (χ4v) is 3.53. The molecule has 0 bridgehead atoms. The minimum absolute atomic E-state index is 0.0877. The van der Waals surface area contributed by atoms with E-state index in [9.17, 15) is 4.79 Å². The van der Waals surface area contributed by atoms with Gasteiger partial charge in [0.15, 0.2) is 5.16 Å². The van der Waals surface area contributed by atoms with Crippen LogP contribution in [0.5, 0.6) is 0 Å². The van der Waals surface area contributed by atoms with Gasteiger partial charge in [0.1, 0.15) is 10.7 Å². The molecule has 0 saturated heterocycles. The van der Waals surface area contributed by atoms with Gasteiger partial charge in [-0.2, -0.15) is 0 Å². The van der Waals surface area contributed by atoms with Crippen LogP contribution in [0.1, 0.15) is 48.4 Å². The van der Waals surface area contributed by atoms with Crippen molar-refractivity contribution >= 4 is 29.2 Å². The van der Waals surface area contributed by atoms with E-state index in [2.05, 4.69) is 43.5 Å². The third-order valence-electron chi connectivity index (χ3n) is 3.48. The lowest BCUT2D eigenvalue weighted by atomic mass is 10.2. The maximum absolute atomic E-state index is 12.1. The summed E-state index contributed by atoms with van der Waals surface area (Å²) in [6.45, 7) is 7.85. The standard InChI is InChI=1S/C15H24N6OS2/c1-5-11-13(24-20-17-11)14(22)16-8-6-7-12-18-19-15(23-4)21(12)9-10(2)3/h10H,5-9H2,1-4H3,(H,16,22). The average molecular weight is 369 g/mol. The molecule has 0 aliphatic heterocycles. The summed E-state index contributed by atoms with van der Waals surface area (Å²) in [7, 11) is 0. The Kier molecular flexibility index (Phi) is 7.16. The summed E-state index contributed by atoms with van der Waals surface area (Å²) < 4.78 is 6.03. The number of thioether (sulfide) groups is 1. The molecule has 2 heterocycles. The number of nitrogens with zero attached hydrogens (tertiary/aromatic N) is 5. The van der Waals surface area contributed by atoms with E-state index in [1.807, 2.05) is 13.2 Å². The van der Waals surface area contributed by atoms with Gasteiger partial charge < -0.3 is 9.88 Å². The third-order valence-corrected chi connectivity index (χ3v) is 4.92. The summed E-state index contributed by atoms with van der Waals surface area (Å²) in [5, 5.41) is 16.4. The minimum atomic E-state index is -0.0877. The first-order chi connectivity index (χ1) is 11.6. The summed E-state index contributed by atoms with van der Waals surface area (Å²) in [4.78, 5) is 12.8. The van der Waals surface area contributed by atoms with Crippen molar-refractivity contribution in [2.45, 2.75) is 51.7 Å². The van der Waals surface area contributed by atoms with Crippen molar-refractivity contribution in [1.29, 1.82) is 0 Å². The number of hydrogen-bond donors (Lipinski definition) is 1. The summed E-state index contributed by atoms with van der Waals surface area (Å²) in [6.07, 6.45) is 4.35. The predicted octanol–water partition coefficient (Wildman–Crippen LogP) is 2.43. The Morgan fingerprint density at radius 3 is 2.79 bits per heavy atom. The van der Waals surface area contributed by atoms with Gasteiger partial charge >= 0.3 is 0 Å². The van der Waals surface area contributed by atoms with Gasteiger partial charge in [0.25, 0.3) is 5.91 Å². The molecule has 0 aliphatic rings. The van der Waals surface area contributed by atoms with Crippen molar-refractivity contribution in [2.24, 2.45) is 5.92 Å². The second kappa shape index (κ2) is 9.12. The Balaban J connectivity index is 1.86. The first-order valence-corrected chi connectivity index (χ1v) is 10.1. The molecule has 132 valence electrons. The van der Waals surface area contributed by atoms with Gasteiger partial charge in [0.05, 0.1) is 5.69 Å². The van der Waals surface area contributed by atoms with Crippen LogP contribution in [-0.4, -0.2) is 43.1 Å². The number of carbonyl (C=O) groups excluding carboxylic acids is 1. The Morgan fingerprint density at radius 1 is 1.33 bits per heavy atom. The molecule has 1 N–H and O–H groups in total. The molecular weight excluding hydrogens is 344 g/mol. The molecule has 0 fully saturated rings. The zero-order valence-electron chi connectivity index (χ0n) is 14.6. The molecule has 1 amide bonds. The van der Waals surface area contributed by atoms with E-state index in [1.54, 1.807) is 11.8 Å². The molecule has 9 heteroatoms. The van der Waals surface area contributed by atoms with Gasteiger partial charge in [-0.05, 0) is 36.5 Å². The largest absolute Gasteiger partial charge is 0.351 e. The summed E-state index contributed by atoms with van der Waals surface area (Å²) in [5.41, 5.74) is 0.763. The molecule has 24 heavy (non-hydrogen) atoms. The minimum Gasteiger partial charge on any atom is -0.351 e. The van der Waals surface area contributed by atoms with Gasteiger partial charge in [-0.25, -0.2) is 0 Å². The molecule has 0 radical (unpaired) electrons. The van der Waals surface area contributed by atoms with Crippen LogP contribution in [0.4, 0.5) is 0 Å². The van der Waals surface area contributed by atoms with Crippen molar-refractivity contribution in [2.75, 3.05) is 12.8 Å².